The normalized spacial score (nSPS) is 15.8. The van der Waals surface area contributed by atoms with E-state index >= 15 is 0 Å². The summed E-state index contributed by atoms with van der Waals surface area (Å²) in [7, 11) is 0. The number of halogens is 4. The van der Waals surface area contributed by atoms with Gasteiger partial charge in [-0.3, -0.25) is 14.2 Å². The number of anilines is 1. The van der Waals surface area contributed by atoms with E-state index in [2.05, 4.69) is 4.98 Å². The Morgan fingerprint density at radius 1 is 1.00 bits per heavy atom. The van der Waals surface area contributed by atoms with E-state index in [9.17, 15) is 27.2 Å². The first-order valence-corrected chi connectivity index (χ1v) is 10.0. The maximum absolute atomic E-state index is 14.0. The third-order valence-corrected chi connectivity index (χ3v) is 5.59. The van der Waals surface area contributed by atoms with Gasteiger partial charge in [-0.1, -0.05) is 24.3 Å². The van der Waals surface area contributed by atoms with Crippen LogP contribution in [0.25, 0.3) is 11.0 Å². The minimum absolute atomic E-state index is 0.0246. The predicted molar refractivity (Wildman–Crippen MR) is 111 cm³/mol. The number of para-hydroxylation sites is 3. The zero-order chi connectivity index (χ0) is 23.0. The number of amides is 1. The second-order valence-electron chi connectivity index (χ2n) is 7.56. The molecule has 0 bridgehead atoms. The second-order valence-corrected chi connectivity index (χ2v) is 7.56. The number of alkyl halides is 3. The van der Waals surface area contributed by atoms with E-state index in [0.717, 1.165) is 4.57 Å². The van der Waals surface area contributed by atoms with Gasteiger partial charge in [0.05, 0.1) is 16.7 Å². The van der Waals surface area contributed by atoms with Gasteiger partial charge in [0.1, 0.15) is 11.9 Å². The number of rotatable bonds is 3. The Morgan fingerprint density at radius 2 is 1.62 bits per heavy atom. The summed E-state index contributed by atoms with van der Waals surface area (Å²) < 4.78 is 55.1. The maximum atomic E-state index is 14.0. The molecule has 1 amide bonds. The van der Waals surface area contributed by atoms with Gasteiger partial charge in [-0.25, -0.2) is 9.37 Å². The molecule has 0 saturated carbocycles. The topological polar surface area (TPSA) is 58.4 Å². The first-order chi connectivity index (χ1) is 15.2. The Balaban J connectivity index is 1.62. The lowest BCUT2D eigenvalue weighted by Gasteiger charge is -2.37. The van der Waals surface area contributed by atoms with E-state index in [1.54, 1.807) is 29.2 Å². The number of carbonyl (C=O) groups excluding carboxylic acids is 1. The standard InChI is InChI=1S/C22H20F4N4O2/c1-14(20(31)29-12-10-28(11-13-29)17-8-4-2-6-15(17)23)30-18-9-5-3-7-16(18)27-19(21(30)32)22(24,25)26/h2-9,14H,10-13H2,1H3/t14-/m1/s1. The van der Waals surface area contributed by atoms with E-state index in [0.29, 0.717) is 18.8 Å². The van der Waals surface area contributed by atoms with E-state index in [1.807, 2.05) is 0 Å². The number of nitrogens with zero attached hydrogens (tertiary/aromatic N) is 4. The summed E-state index contributed by atoms with van der Waals surface area (Å²) in [4.78, 5) is 32.6. The lowest BCUT2D eigenvalue weighted by Crippen LogP contribution is -2.51. The average Bonchev–Trinajstić information content (AvgIpc) is 2.77. The fourth-order valence-corrected chi connectivity index (χ4v) is 3.97. The monoisotopic (exact) mass is 448 g/mol. The van der Waals surface area contributed by atoms with Crippen LogP contribution < -0.4 is 10.5 Å². The minimum atomic E-state index is -4.95. The lowest BCUT2D eigenvalue weighted by atomic mass is 10.2. The third-order valence-electron chi connectivity index (χ3n) is 5.59. The zero-order valence-corrected chi connectivity index (χ0v) is 17.1. The van der Waals surface area contributed by atoms with Crippen molar-refractivity contribution in [1.29, 1.82) is 0 Å². The molecule has 1 fully saturated rings. The van der Waals surface area contributed by atoms with Crippen molar-refractivity contribution in [3.63, 3.8) is 0 Å². The molecule has 6 nitrogen and oxygen atoms in total. The van der Waals surface area contributed by atoms with Crippen molar-refractivity contribution >= 4 is 22.6 Å². The van der Waals surface area contributed by atoms with Crippen molar-refractivity contribution < 1.29 is 22.4 Å². The number of aromatic nitrogens is 2. The summed E-state index contributed by atoms with van der Waals surface area (Å²) >= 11 is 0. The molecule has 1 atom stereocenters. The number of carbonyl (C=O) groups is 1. The summed E-state index contributed by atoms with van der Waals surface area (Å²) in [6.07, 6.45) is -4.95. The molecule has 0 spiro atoms. The Kier molecular flexibility index (Phi) is 5.62. The van der Waals surface area contributed by atoms with Crippen LogP contribution in [0.15, 0.2) is 53.3 Å². The molecule has 0 N–H and O–H groups in total. The Labute approximate surface area is 180 Å². The van der Waals surface area contributed by atoms with E-state index in [1.165, 1.54) is 36.1 Å². The number of fused-ring (bicyclic) bond motifs is 1. The Bertz CT molecular complexity index is 1220. The largest absolute Gasteiger partial charge is 0.438 e. The van der Waals surface area contributed by atoms with Crippen molar-refractivity contribution in [2.24, 2.45) is 0 Å². The SMILES string of the molecule is C[C@H](C(=O)N1CCN(c2ccccc2F)CC1)n1c(=O)c(C(F)(F)F)nc2ccccc21. The summed E-state index contributed by atoms with van der Waals surface area (Å²) in [6.45, 7) is 2.63. The minimum Gasteiger partial charge on any atom is -0.366 e. The van der Waals surface area contributed by atoms with Crippen LogP contribution in [0.5, 0.6) is 0 Å². The van der Waals surface area contributed by atoms with Crippen LogP contribution in [0.4, 0.5) is 23.2 Å². The highest BCUT2D eigenvalue weighted by atomic mass is 19.4. The predicted octanol–water partition coefficient (Wildman–Crippen LogP) is 3.46. The number of hydrogen-bond donors (Lipinski definition) is 0. The van der Waals surface area contributed by atoms with Crippen LogP contribution in [-0.4, -0.2) is 46.5 Å². The Morgan fingerprint density at radius 3 is 2.28 bits per heavy atom. The summed E-state index contributed by atoms with van der Waals surface area (Å²) in [6, 6.07) is 11.1. The van der Waals surface area contributed by atoms with Gasteiger partial charge < -0.3 is 9.80 Å². The summed E-state index contributed by atoms with van der Waals surface area (Å²) in [5, 5.41) is 0. The molecular weight excluding hydrogens is 428 g/mol. The Hall–Kier alpha value is -3.43. The van der Waals surface area contributed by atoms with Crippen LogP contribution in [0.2, 0.25) is 0 Å². The average molecular weight is 448 g/mol. The number of benzene rings is 2. The molecule has 1 aliphatic heterocycles. The molecule has 1 saturated heterocycles. The molecule has 2 heterocycles. The van der Waals surface area contributed by atoms with Crippen molar-refractivity contribution in [2.45, 2.75) is 19.1 Å². The molecule has 10 heteroatoms. The van der Waals surface area contributed by atoms with Gasteiger partial charge in [0.25, 0.3) is 5.56 Å². The molecular formula is C22H20F4N4O2. The van der Waals surface area contributed by atoms with E-state index < -0.39 is 29.4 Å². The van der Waals surface area contributed by atoms with Gasteiger partial charge in [0, 0.05) is 26.2 Å². The zero-order valence-electron chi connectivity index (χ0n) is 17.1. The first kappa shape index (κ1) is 21.8. The summed E-state index contributed by atoms with van der Waals surface area (Å²) in [5.41, 5.74) is -2.36. The fraction of sp³-hybridized carbons (Fsp3) is 0.318. The molecule has 32 heavy (non-hydrogen) atoms. The van der Waals surface area contributed by atoms with Crippen LogP contribution in [-0.2, 0) is 11.0 Å². The van der Waals surface area contributed by atoms with Gasteiger partial charge >= 0.3 is 6.18 Å². The number of hydrogen-bond acceptors (Lipinski definition) is 4. The molecule has 1 aromatic heterocycles. The van der Waals surface area contributed by atoms with Crippen molar-refractivity contribution in [2.75, 3.05) is 31.1 Å². The smallest absolute Gasteiger partial charge is 0.366 e. The van der Waals surface area contributed by atoms with E-state index in [4.69, 9.17) is 0 Å². The van der Waals surface area contributed by atoms with Crippen LogP contribution in [0, 0.1) is 5.82 Å². The van der Waals surface area contributed by atoms with Gasteiger partial charge in [0.15, 0.2) is 0 Å². The molecule has 1 aliphatic rings. The first-order valence-electron chi connectivity index (χ1n) is 10.0. The molecule has 0 unspecified atom stereocenters. The van der Waals surface area contributed by atoms with Gasteiger partial charge in [-0.2, -0.15) is 13.2 Å². The third kappa shape index (κ3) is 3.92. The highest BCUT2D eigenvalue weighted by Gasteiger charge is 2.39. The highest BCUT2D eigenvalue weighted by Crippen LogP contribution is 2.28. The quantitative estimate of drug-likeness (QED) is 0.576. The van der Waals surface area contributed by atoms with Gasteiger partial charge in [0.2, 0.25) is 11.6 Å². The van der Waals surface area contributed by atoms with Crippen LogP contribution in [0.3, 0.4) is 0 Å². The van der Waals surface area contributed by atoms with Crippen molar-refractivity contribution in [3.05, 3.63) is 70.4 Å². The maximum Gasteiger partial charge on any atom is 0.438 e. The highest BCUT2D eigenvalue weighted by molar-refractivity contribution is 5.83. The molecule has 3 aromatic rings. The molecule has 2 aromatic carbocycles. The van der Waals surface area contributed by atoms with Crippen molar-refractivity contribution in [1.82, 2.24) is 14.5 Å². The van der Waals surface area contributed by atoms with Gasteiger partial charge in [-0.15, -0.1) is 0 Å². The van der Waals surface area contributed by atoms with Crippen LogP contribution >= 0.6 is 0 Å². The van der Waals surface area contributed by atoms with Gasteiger partial charge in [-0.05, 0) is 31.2 Å². The fourth-order valence-electron chi connectivity index (χ4n) is 3.97. The van der Waals surface area contributed by atoms with E-state index in [-0.39, 0.29) is 29.9 Å². The van der Waals surface area contributed by atoms with Crippen molar-refractivity contribution in [3.8, 4) is 0 Å². The second kappa shape index (κ2) is 8.25. The molecule has 0 aliphatic carbocycles. The van der Waals surface area contributed by atoms with Crippen LogP contribution in [0.1, 0.15) is 18.7 Å². The summed E-state index contributed by atoms with van der Waals surface area (Å²) in [5.74, 6) is -0.847. The molecule has 168 valence electrons. The number of piperazine rings is 1. The lowest BCUT2D eigenvalue weighted by molar-refractivity contribution is -0.143. The molecule has 4 rings (SSSR count). The molecule has 0 radical (unpaired) electrons.